The fourth-order valence-electron chi connectivity index (χ4n) is 1.90. The van der Waals surface area contributed by atoms with Crippen molar-refractivity contribution in [1.82, 2.24) is 4.98 Å². The molecule has 3 nitrogen and oxygen atoms in total. The maximum Gasteiger partial charge on any atom is 0.248 e. The van der Waals surface area contributed by atoms with E-state index in [0.717, 1.165) is 5.56 Å². The number of hydrogen-bond acceptors (Lipinski definition) is 3. The Morgan fingerprint density at radius 1 is 1.35 bits per heavy atom. The van der Waals surface area contributed by atoms with E-state index in [0.29, 0.717) is 25.3 Å². The number of rotatable bonds is 3. The van der Waals surface area contributed by atoms with Crippen LogP contribution in [0.2, 0.25) is 0 Å². The van der Waals surface area contributed by atoms with E-state index in [-0.39, 0.29) is 18.9 Å². The fraction of sp³-hybridized carbons (Fsp3) is 0.583. The minimum atomic E-state index is -2.52. The van der Waals surface area contributed by atoms with Crippen LogP contribution in [0.5, 0.6) is 5.88 Å². The summed E-state index contributed by atoms with van der Waals surface area (Å²) in [4.78, 5) is 4.09. The molecule has 0 aliphatic heterocycles. The lowest BCUT2D eigenvalue weighted by molar-refractivity contribution is -0.0588. The maximum atomic E-state index is 12.9. The van der Waals surface area contributed by atoms with E-state index >= 15 is 0 Å². The molecule has 1 aliphatic carbocycles. The fourth-order valence-corrected chi connectivity index (χ4v) is 1.90. The zero-order valence-electron chi connectivity index (χ0n) is 9.53. The number of nitrogens with two attached hydrogens (primary N) is 1. The Morgan fingerprint density at radius 2 is 2.06 bits per heavy atom. The number of aromatic nitrogens is 1. The summed E-state index contributed by atoms with van der Waals surface area (Å²) in [5.41, 5.74) is 6.37. The first-order valence-corrected chi connectivity index (χ1v) is 5.78. The summed E-state index contributed by atoms with van der Waals surface area (Å²) in [7, 11) is 0. The molecule has 0 spiro atoms. The van der Waals surface area contributed by atoms with Crippen LogP contribution in [0.25, 0.3) is 0 Å². The van der Waals surface area contributed by atoms with Crippen LogP contribution in [-0.4, -0.2) is 17.0 Å². The lowest BCUT2D eigenvalue weighted by Gasteiger charge is -2.28. The largest absolute Gasteiger partial charge is 0.474 e. The zero-order chi connectivity index (χ0) is 12.3. The van der Waals surface area contributed by atoms with Crippen LogP contribution >= 0.6 is 0 Å². The number of hydrogen-bond donors (Lipinski definition) is 1. The topological polar surface area (TPSA) is 48.1 Å². The summed E-state index contributed by atoms with van der Waals surface area (Å²) in [6.45, 7) is 0.433. The summed E-state index contributed by atoms with van der Waals surface area (Å²) in [5, 5.41) is 0. The van der Waals surface area contributed by atoms with Gasteiger partial charge in [0, 0.05) is 31.6 Å². The molecule has 5 heteroatoms. The van der Waals surface area contributed by atoms with Crippen LogP contribution in [0.15, 0.2) is 18.3 Å². The van der Waals surface area contributed by atoms with E-state index in [2.05, 4.69) is 4.98 Å². The highest BCUT2D eigenvalue weighted by Gasteiger charge is 2.35. The Kier molecular flexibility index (Phi) is 3.57. The summed E-state index contributed by atoms with van der Waals surface area (Å²) < 4.78 is 31.4. The SMILES string of the molecule is NCc1ccc(OC2CCC(F)(F)CC2)nc1. The number of nitrogens with zero attached hydrogens (tertiary/aromatic N) is 1. The third-order valence-electron chi connectivity index (χ3n) is 2.98. The molecule has 0 saturated heterocycles. The van der Waals surface area contributed by atoms with Crippen molar-refractivity contribution in [2.24, 2.45) is 5.73 Å². The average Bonchev–Trinajstić information content (AvgIpc) is 2.33. The van der Waals surface area contributed by atoms with Gasteiger partial charge in [0.2, 0.25) is 11.8 Å². The maximum absolute atomic E-state index is 12.9. The first kappa shape index (κ1) is 12.2. The second kappa shape index (κ2) is 4.96. The highest BCUT2D eigenvalue weighted by Crippen LogP contribution is 2.34. The van der Waals surface area contributed by atoms with Crippen LogP contribution in [0.1, 0.15) is 31.2 Å². The standard InChI is InChI=1S/C12H16F2N2O/c13-12(14)5-3-10(4-6-12)17-11-2-1-9(7-15)8-16-11/h1-2,8,10H,3-7,15H2. The van der Waals surface area contributed by atoms with Crippen molar-refractivity contribution in [3.8, 4) is 5.88 Å². The third kappa shape index (κ3) is 3.36. The number of pyridine rings is 1. The lowest BCUT2D eigenvalue weighted by atomic mass is 9.94. The molecule has 2 N–H and O–H groups in total. The van der Waals surface area contributed by atoms with E-state index in [1.54, 1.807) is 12.3 Å². The van der Waals surface area contributed by atoms with Crippen molar-refractivity contribution < 1.29 is 13.5 Å². The summed E-state index contributed by atoms with van der Waals surface area (Å²) in [6, 6.07) is 3.56. The van der Waals surface area contributed by atoms with Gasteiger partial charge < -0.3 is 10.5 Å². The van der Waals surface area contributed by atoms with Gasteiger partial charge in [0.25, 0.3) is 0 Å². The molecule has 2 rings (SSSR count). The van der Waals surface area contributed by atoms with E-state index in [1.807, 2.05) is 6.07 Å². The van der Waals surface area contributed by atoms with Crippen LogP contribution in [0, 0.1) is 0 Å². The van der Waals surface area contributed by atoms with Gasteiger partial charge in [-0.2, -0.15) is 0 Å². The highest BCUT2D eigenvalue weighted by atomic mass is 19.3. The van der Waals surface area contributed by atoms with Crippen molar-refractivity contribution in [2.75, 3.05) is 0 Å². The lowest BCUT2D eigenvalue weighted by Crippen LogP contribution is -2.30. The van der Waals surface area contributed by atoms with Gasteiger partial charge in [0.1, 0.15) is 6.10 Å². The van der Waals surface area contributed by atoms with Gasteiger partial charge in [0.05, 0.1) is 0 Å². The Bertz CT molecular complexity index is 357. The Balaban J connectivity index is 1.89. The molecule has 0 bridgehead atoms. The molecule has 0 unspecified atom stereocenters. The molecule has 0 radical (unpaired) electrons. The second-order valence-electron chi connectivity index (χ2n) is 4.38. The van der Waals surface area contributed by atoms with Crippen molar-refractivity contribution in [3.05, 3.63) is 23.9 Å². The third-order valence-corrected chi connectivity index (χ3v) is 2.98. The smallest absolute Gasteiger partial charge is 0.248 e. The minimum absolute atomic E-state index is 0.0987. The monoisotopic (exact) mass is 242 g/mol. The Labute approximate surface area is 99.0 Å². The van der Waals surface area contributed by atoms with Crippen LogP contribution in [-0.2, 0) is 6.54 Å². The average molecular weight is 242 g/mol. The Morgan fingerprint density at radius 3 is 2.59 bits per heavy atom. The van der Waals surface area contributed by atoms with E-state index < -0.39 is 5.92 Å². The van der Waals surface area contributed by atoms with Crippen molar-refractivity contribution in [2.45, 2.75) is 44.3 Å². The van der Waals surface area contributed by atoms with Crippen molar-refractivity contribution in [3.63, 3.8) is 0 Å². The van der Waals surface area contributed by atoms with E-state index in [1.165, 1.54) is 0 Å². The van der Waals surface area contributed by atoms with Gasteiger partial charge in [0.15, 0.2) is 0 Å². The molecule has 1 aromatic rings. The molecule has 1 aromatic heterocycles. The van der Waals surface area contributed by atoms with E-state index in [9.17, 15) is 8.78 Å². The molecule has 0 atom stereocenters. The zero-order valence-corrected chi connectivity index (χ0v) is 9.53. The van der Waals surface area contributed by atoms with Gasteiger partial charge in [-0.15, -0.1) is 0 Å². The molecule has 17 heavy (non-hydrogen) atoms. The first-order valence-electron chi connectivity index (χ1n) is 5.78. The van der Waals surface area contributed by atoms with Crippen LogP contribution in [0.3, 0.4) is 0 Å². The van der Waals surface area contributed by atoms with Crippen molar-refractivity contribution >= 4 is 0 Å². The molecular weight excluding hydrogens is 226 g/mol. The highest BCUT2D eigenvalue weighted by molar-refractivity contribution is 5.17. The normalized spacial score (nSPS) is 20.2. The predicted molar refractivity (Wildman–Crippen MR) is 60.0 cm³/mol. The molecular formula is C12H16F2N2O. The quantitative estimate of drug-likeness (QED) is 0.885. The second-order valence-corrected chi connectivity index (χ2v) is 4.38. The molecule has 1 fully saturated rings. The van der Waals surface area contributed by atoms with Crippen LogP contribution < -0.4 is 10.5 Å². The number of halogens is 2. The molecule has 94 valence electrons. The van der Waals surface area contributed by atoms with Gasteiger partial charge in [-0.1, -0.05) is 6.07 Å². The molecule has 1 heterocycles. The van der Waals surface area contributed by atoms with Gasteiger partial charge in [-0.25, -0.2) is 13.8 Å². The number of ether oxygens (including phenoxy) is 1. The first-order chi connectivity index (χ1) is 8.09. The molecule has 0 amide bonds. The van der Waals surface area contributed by atoms with E-state index in [4.69, 9.17) is 10.5 Å². The van der Waals surface area contributed by atoms with Gasteiger partial charge >= 0.3 is 0 Å². The molecule has 1 saturated carbocycles. The molecule has 0 aromatic carbocycles. The molecule has 1 aliphatic rings. The predicted octanol–water partition coefficient (Wildman–Crippen LogP) is 2.50. The van der Waals surface area contributed by atoms with Crippen LogP contribution in [0.4, 0.5) is 8.78 Å². The van der Waals surface area contributed by atoms with Crippen molar-refractivity contribution in [1.29, 1.82) is 0 Å². The number of alkyl halides is 2. The van der Waals surface area contributed by atoms with Gasteiger partial charge in [-0.3, -0.25) is 0 Å². The summed E-state index contributed by atoms with van der Waals surface area (Å²) in [6.07, 6.45) is 2.07. The summed E-state index contributed by atoms with van der Waals surface area (Å²) in [5.74, 6) is -2.03. The summed E-state index contributed by atoms with van der Waals surface area (Å²) >= 11 is 0. The van der Waals surface area contributed by atoms with Gasteiger partial charge in [-0.05, 0) is 18.4 Å². The minimum Gasteiger partial charge on any atom is -0.474 e. The Hall–Kier alpha value is -1.23.